The van der Waals surface area contributed by atoms with E-state index >= 15 is 0 Å². The SMILES string of the molecule is COCCCNC(=O)c1cc2ccc(OC(=O)CCCOc3ccc(C(C)(C)C)cc3)cc2oc1=O. The summed E-state index contributed by atoms with van der Waals surface area (Å²) >= 11 is 0. The van der Waals surface area contributed by atoms with Crippen molar-refractivity contribution < 1.29 is 28.2 Å². The molecular weight excluding hydrogens is 462 g/mol. The number of ether oxygens (including phenoxy) is 3. The van der Waals surface area contributed by atoms with Crippen molar-refractivity contribution in [3.05, 3.63) is 70.1 Å². The van der Waals surface area contributed by atoms with Crippen molar-refractivity contribution in [1.82, 2.24) is 5.32 Å². The number of hydrogen-bond acceptors (Lipinski definition) is 7. The van der Waals surface area contributed by atoms with Gasteiger partial charge in [-0.25, -0.2) is 4.79 Å². The van der Waals surface area contributed by atoms with Gasteiger partial charge in [-0.1, -0.05) is 32.9 Å². The number of fused-ring (bicyclic) bond motifs is 1. The van der Waals surface area contributed by atoms with Crippen LogP contribution < -0.4 is 20.4 Å². The summed E-state index contributed by atoms with van der Waals surface area (Å²) in [5.41, 5.74) is 0.681. The monoisotopic (exact) mass is 495 g/mol. The number of carbonyl (C=O) groups is 2. The molecule has 0 spiro atoms. The highest BCUT2D eigenvalue weighted by atomic mass is 16.5. The molecule has 0 aliphatic carbocycles. The lowest BCUT2D eigenvalue weighted by Gasteiger charge is -2.19. The van der Waals surface area contributed by atoms with Crippen LogP contribution in [0.25, 0.3) is 11.0 Å². The van der Waals surface area contributed by atoms with Crippen molar-refractivity contribution >= 4 is 22.8 Å². The van der Waals surface area contributed by atoms with Gasteiger partial charge in [-0.2, -0.15) is 0 Å². The molecule has 36 heavy (non-hydrogen) atoms. The van der Waals surface area contributed by atoms with Gasteiger partial charge in [0.2, 0.25) is 0 Å². The summed E-state index contributed by atoms with van der Waals surface area (Å²) in [7, 11) is 1.58. The van der Waals surface area contributed by atoms with Gasteiger partial charge in [0.05, 0.1) is 6.61 Å². The van der Waals surface area contributed by atoms with Gasteiger partial charge in [0, 0.05) is 38.1 Å². The Morgan fingerprint density at radius 3 is 2.36 bits per heavy atom. The molecule has 3 rings (SSSR count). The van der Waals surface area contributed by atoms with Crippen LogP contribution in [-0.2, 0) is 14.9 Å². The van der Waals surface area contributed by atoms with E-state index in [2.05, 4.69) is 26.1 Å². The third kappa shape index (κ3) is 7.68. The first-order valence-electron chi connectivity index (χ1n) is 12.0. The maximum absolute atomic E-state index is 12.3. The van der Waals surface area contributed by atoms with Crippen molar-refractivity contribution in [2.24, 2.45) is 0 Å². The van der Waals surface area contributed by atoms with E-state index in [1.807, 2.05) is 24.3 Å². The van der Waals surface area contributed by atoms with Gasteiger partial charge in [0.15, 0.2) is 0 Å². The first kappa shape index (κ1) is 26.9. The highest BCUT2D eigenvalue weighted by Crippen LogP contribution is 2.24. The number of amides is 1. The van der Waals surface area contributed by atoms with Gasteiger partial charge in [0.1, 0.15) is 22.6 Å². The van der Waals surface area contributed by atoms with Gasteiger partial charge in [-0.3, -0.25) is 9.59 Å². The summed E-state index contributed by atoms with van der Waals surface area (Å²) < 4.78 is 21.3. The molecule has 1 heterocycles. The Morgan fingerprint density at radius 1 is 0.944 bits per heavy atom. The Morgan fingerprint density at radius 2 is 1.67 bits per heavy atom. The second-order valence-electron chi connectivity index (χ2n) is 9.45. The first-order valence-corrected chi connectivity index (χ1v) is 12.0. The molecule has 0 saturated heterocycles. The highest BCUT2D eigenvalue weighted by Gasteiger charge is 2.15. The Bertz CT molecular complexity index is 1240. The van der Waals surface area contributed by atoms with Crippen molar-refractivity contribution in [2.45, 2.75) is 45.4 Å². The zero-order chi connectivity index (χ0) is 26.1. The van der Waals surface area contributed by atoms with Gasteiger partial charge < -0.3 is 23.9 Å². The fourth-order valence-corrected chi connectivity index (χ4v) is 3.47. The second kappa shape index (κ2) is 12.4. The minimum Gasteiger partial charge on any atom is -0.494 e. The molecule has 192 valence electrons. The number of methoxy groups -OCH3 is 1. The smallest absolute Gasteiger partial charge is 0.349 e. The Kier molecular flexibility index (Phi) is 9.25. The molecule has 1 amide bonds. The third-order valence-electron chi connectivity index (χ3n) is 5.51. The summed E-state index contributed by atoms with van der Waals surface area (Å²) in [5.74, 6) is 0.0788. The molecule has 0 saturated carbocycles. The maximum atomic E-state index is 12.3. The maximum Gasteiger partial charge on any atom is 0.349 e. The molecule has 1 aromatic heterocycles. The molecule has 8 nitrogen and oxygen atoms in total. The van der Waals surface area contributed by atoms with Crippen LogP contribution in [0.2, 0.25) is 0 Å². The fourth-order valence-electron chi connectivity index (χ4n) is 3.47. The van der Waals surface area contributed by atoms with Crippen molar-refractivity contribution in [2.75, 3.05) is 26.9 Å². The zero-order valence-corrected chi connectivity index (χ0v) is 21.2. The van der Waals surface area contributed by atoms with Crippen molar-refractivity contribution in [3.63, 3.8) is 0 Å². The Balaban J connectivity index is 1.50. The predicted molar refractivity (Wildman–Crippen MR) is 137 cm³/mol. The summed E-state index contributed by atoms with van der Waals surface area (Å²) in [6, 6.07) is 14.1. The number of hydrogen-bond donors (Lipinski definition) is 1. The Hall–Kier alpha value is -3.65. The van der Waals surface area contributed by atoms with Gasteiger partial charge in [-0.15, -0.1) is 0 Å². The minimum atomic E-state index is -0.761. The van der Waals surface area contributed by atoms with E-state index in [0.29, 0.717) is 38.0 Å². The van der Waals surface area contributed by atoms with E-state index in [9.17, 15) is 14.4 Å². The lowest BCUT2D eigenvalue weighted by Crippen LogP contribution is -2.29. The van der Waals surface area contributed by atoms with Crippen molar-refractivity contribution in [3.8, 4) is 11.5 Å². The van der Waals surface area contributed by atoms with Crippen LogP contribution in [0.5, 0.6) is 11.5 Å². The van der Waals surface area contributed by atoms with Gasteiger partial charge in [-0.05, 0) is 54.2 Å². The fraction of sp³-hybridized carbons (Fsp3) is 0.393. The molecule has 0 aliphatic heterocycles. The van der Waals surface area contributed by atoms with E-state index in [1.165, 1.54) is 17.7 Å². The standard InChI is InChI=1S/C28H33NO7/c1-28(2,3)20-9-12-21(13-10-20)34-16-5-7-25(30)35-22-11-8-19-17-23(27(32)36-24(19)18-22)26(31)29-14-6-15-33-4/h8-13,17-18H,5-7,14-16H2,1-4H3,(H,29,31). The van der Waals surface area contributed by atoms with Crippen LogP contribution in [0.4, 0.5) is 0 Å². The summed E-state index contributed by atoms with van der Waals surface area (Å²) in [6.45, 7) is 7.73. The van der Waals surface area contributed by atoms with E-state index in [0.717, 1.165) is 5.75 Å². The third-order valence-corrected chi connectivity index (χ3v) is 5.51. The van der Waals surface area contributed by atoms with Gasteiger partial charge in [0.25, 0.3) is 5.91 Å². The molecule has 0 aliphatic rings. The molecule has 0 atom stereocenters. The number of benzene rings is 2. The van der Waals surface area contributed by atoms with Crippen LogP contribution in [0.15, 0.2) is 57.7 Å². The topological polar surface area (TPSA) is 104 Å². The van der Waals surface area contributed by atoms with Crippen molar-refractivity contribution in [1.29, 1.82) is 0 Å². The van der Waals surface area contributed by atoms with Crippen LogP contribution >= 0.6 is 0 Å². The average Bonchev–Trinajstić information content (AvgIpc) is 2.83. The molecular formula is C28H33NO7. The quantitative estimate of drug-likeness (QED) is 0.179. The summed E-state index contributed by atoms with van der Waals surface area (Å²) in [5, 5.41) is 3.21. The van der Waals surface area contributed by atoms with Crippen LogP contribution in [0.1, 0.15) is 56.0 Å². The zero-order valence-electron chi connectivity index (χ0n) is 21.2. The van der Waals surface area contributed by atoms with Crippen LogP contribution in [0, 0.1) is 0 Å². The number of esters is 1. The van der Waals surface area contributed by atoms with Crippen LogP contribution in [-0.4, -0.2) is 38.7 Å². The van der Waals surface area contributed by atoms with E-state index in [4.69, 9.17) is 18.6 Å². The Labute approximate surface area is 210 Å². The highest BCUT2D eigenvalue weighted by molar-refractivity contribution is 5.96. The molecule has 0 unspecified atom stereocenters. The molecule has 0 radical (unpaired) electrons. The summed E-state index contributed by atoms with van der Waals surface area (Å²) in [4.78, 5) is 36.8. The molecule has 3 aromatic rings. The lowest BCUT2D eigenvalue weighted by molar-refractivity contribution is -0.134. The largest absolute Gasteiger partial charge is 0.494 e. The van der Waals surface area contributed by atoms with E-state index < -0.39 is 17.5 Å². The molecule has 2 aromatic carbocycles. The minimum absolute atomic E-state index is 0.0780. The van der Waals surface area contributed by atoms with E-state index in [1.54, 1.807) is 19.2 Å². The predicted octanol–water partition coefficient (Wildman–Crippen LogP) is 4.62. The normalized spacial score (nSPS) is 11.3. The molecule has 0 bridgehead atoms. The average molecular weight is 496 g/mol. The number of rotatable bonds is 11. The first-order chi connectivity index (χ1) is 17.2. The lowest BCUT2D eigenvalue weighted by atomic mass is 9.87. The molecule has 8 heteroatoms. The summed E-state index contributed by atoms with van der Waals surface area (Å²) in [6.07, 6.45) is 1.29. The van der Waals surface area contributed by atoms with Crippen LogP contribution in [0.3, 0.4) is 0 Å². The van der Waals surface area contributed by atoms with E-state index in [-0.39, 0.29) is 28.7 Å². The second-order valence-corrected chi connectivity index (χ2v) is 9.45. The number of carbonyl (C=O) groups excluding carboxylic acids is 2. The molecule has 0 fully saturated rings. The number of nitrogens with one attached hydrogen (secondary N) is 1. The van der Waals surface area contributed by atoms with Gasteiger partial charge >= 0.3 is 11.6 Å². The molecule has 1 N–H and O–H groups in total.